The van der Waals surface area contributed by atoms with Crippen molar-refractivity contribution in [3.8, 4) is 0 Å². The topological polar surface area (TPSA) is 177 Å². The number of nitrogens with one attached hydrogen (secondary N) is 4. The van der Waals surface area contributed by atoms with Crippen LogP contribution in [0.15, 0.2) is 12.7 Å². The Balaban J connectivity index is 1.35. The Bertz CT molecular complexity index is 1520. The highest BCUT2D eigenvalue weighted by atomic mass is 32.2. The maximum atomic E-state index is 14.7. The highest BCUT2D eigenvalue weighted by Crippen LogP contribution is 2.65. The molecule has 2 saturated heterocycles. The molecule has 5 rings (SSSR count). The highest BCUT2D eigenvalue weighted by molar-refractivity contribution is 7.86. The Kier molecular flexibility index (Phi) is 12.7. The van der Waals surface area contributed by atoms with Gasteiger partial charge in [0.05, 0.1) is 6.04 Å². The number of ketones is 1. The summed E-state index contributed by atoms with van der Waals surface area (Å²) in [7, 11) is -2.11. The fourth-order valence-electron chi connectivity index (χ4n) is 8.97. The molecular weight excluding hydrogens is 699 g/mol. The molecule has 0 aromatic heterocycles. The molecule has 15 heteroatoms. The molecule has 0 bridgehead atoms. The lowest BCUT2D eigenvalue weighted by Crippen LogP contribution is -2.62. The van der Waals surface area contributed by atoms with Gasteiger partial charge in [-0.25, -0.2) is 4.79 Å². The smallest absolute Gasteiger partial charge is 0.315 e. The first kappa shape index (κ1) is 41.1. The van der Waals surface area contributed by atoms with Crippen LogP contribution in [0.5, 0.6) is 0 Å². The van der Waals surface area contributed by atoms with Gasteiger partial charge < -0.3 is 26.2 Å². The number of piperidine rings is 1. The Morgan fingerprint density at radius 1 is 0.925 bits per heavy atom. The lowest BCUT2D eigenvalue weighted by Gasteiger charge is -2.40. The number of hydrogen-bond donors (Lipinski definition) is 4. The molecule has 2 aliphatic heterocycles. The van der Waals surface area contributed by atoms with E-state index in [-0.39, 0.29) is 48.1 Å². The zero-order valence-corrected chi connectivity index (χ0v) is 33.4. The number of fused-ring (bicyclic) bond motifs is 1. The number of Topliss-reactive ketones (excluding diaryl/α,β-unsaturated/α-hetero) is 1. The summed E-state index contributed by atoms with van der Waals surface area (Å²) >= 11 is 0. The van der Waals surface area contributed by atoms with E-state index in [9.17, 15) is 32.4 Å². The molecular formula is C38H63N7O7S. The average molecular weight is 762 g/mol. The molecule has 298 valence electrons. The van der Waals surface area contributed by atoms with E-state index in [1.165, 1.54) is 14.7 Å². The molecule has 14 nitrogen and oxygen atoms in total. The highest BCUT2D eigenvalue weighted by Gasteiger charge is 2.70. The fraction of sp³-hybridized carbons (Fsp3) is 0.816. The van der Waals surface area contributed by atoms with Crippen molar-refractivity contribution in [3.05, 3.63) is 12.7 Å². The zero-order chi connectivity index (χ0) is 38.9. The van der Waals surface area contributed by atoms with Crippen LogP contribution in [-0.2, 0) is 29.4 Å². The van der Waals surface area contributed by atoms with Gasteiger partial charge in [-0.15, -0.1) is 6.58 Å². The van der Waals surface area contributed by atoms with Gasteiger partial charge in [-0.2, -0.15) is 17.0 Å². The third-order valence-electron chi connectivity index (χ3n) is 12.8. The third kappa shape index (κ3) is 9.09. The summed E-state index contributed by atoms with van der Waals surface area (Å²) < 4.78 is 28.9. The maximum absolute atomic E-state index is 14.7. The number of likely N-dealkylation sites (tertiary alicyclic amines) is 1. The van der Waals surface area contributed by atoms with Gasteiger partial charge >= 0.3 is 6.03 Å². The van der Waals surface area contributed by atoms with Gasteiger partial charge in [-0.3, -0.25) is 19.2 Å². The number of hydrogen-bond acceptors (Lipinski definition) is 7. The van der Waals surface area contributed by atoms with Crippen molar-refractivity contribution in [1.29, 1.82) is 0 Å². The lowest BCUT2D eigenvalue weighted by atomic mass is 9.80. The molecule has 2 unspecified atom stereocenters. The van der Waals surface area contributed by atoms with Crippen molar-refractivity contribution < 1.29 is 32.4 Å². The predicted molar refractivity (Wildman–Crippen MR) is 201 cm³/mol. The summed E-state index contributed by atoms with van der Waals surface area (Å²) in [6.45, 7) is 15.0. The Hall–Kier alpha value is -3.04. The number of nitrogens with zero attached hydrogens (tertiary/aromatic N) is 3. The van der Waals surface area contributed by atoms with E-state index in [4.69, 9.17) is 0 Å². The molecule has 3 aliphatic carbocycles. The average Bonchev–Trinajstić information content (AvgIpc) is 3.38. The summed E-state index contributed by atoms with van der Waals surface area (Å²) in [6, 6.07) is -3.87. The van der Waals surface area contributed by atoms with Crippen LogP contribution in [-0.4, -0.2) is 115 Å². The molecule has 0 radical (unpaired) electrons. The second kappa shape index (κ2) is 16.4. The second-order valence-corrected chi connectivity index (χ2v) is 19.8. The second-order valence-electron chi connectivity index (χ2n) is 17.8. The maximum Gasteiger partial charge on any atom is 0.315 e. The van der Waals surface area contributed by atoms with Crippen LogP contribution in [0.3, 0.4) is 0 Å². The molecule has 4 N–H and O–H groups in total. The normalized spacial score (nSPS) is 27.7. The summed E-state index contributed by atoms with van der Waals surface area (Å²) in [5.41, 5.74) is -0.699. The number of carbonyl (C=O) groups is 5. The van der Waals surface area contributed by atoms with Crippen molar-refractivity contribution in [1.82, 2.24) is 34.8 Å². The van der Waals surface area contributed by atoms with Gasteiger partial charge in [0, 0.05) is 45.8 Å². The first-order valence-electron chi connectivity index (χ1n) is 19.7. The van der Waals surface area contributed by atoms with Crippen molar-refractivity contribution in [3.63, 3.8) is 0 Å². The summed E-state index contributed by atoms with van der Waals surface area (Å²) in [4.78, 5) is 70.6. The number of carbonyl (C=O) groups excluding carboxylic acids is 5. The molecule has 0 aromatic carbocycles. The van der Waals surface area contributed by atoms with E-state index in [1.54, 1.807) is 11.9 Å². The summed E-state index contributed by atoms with van der Waals surface area (Å²) in [5.74, 6) is -2.21. The van der Waals surface area contributed by atoms with Gasteiger partial charge in [0.2, 0.25) is 17.6 Å². The monoisotopic (exact) mass is 761 g/mol. The zero-order valence-electron chi connectivity index (χ0n) is 32.6. The van der Waals surface area contributed by atoms with Crippen LogP contribution in [0.25, 0.3) is 0 Å². The molecule has 5 fully saturated rings. The first-order valence-corrected chi connectivity index (χ1v) is 21.1. The minimum absolute atomic E-state index is 0.0783. The third-order valence-corrected chi connectivity index (χ3v) is 14.8. The van der Waals surface area contributed by atoms with E-state index in [2.05, 4.69) is 41.7 Å². The summed E-state index contributed by atoms with van der Waals surface area (Å²) in [5, 5.41) is 11.5. The van der Waals surface area contributed by atoms with Crippen LogP contribution in [0.2, 0.25) is 0 Å². The molecule has 53 heavy (non-hydrogen) atoms. The van der Waals surface area contributed by atoms with Crippen LogP contribution in [0.1, 0.15) is 98.8 Å². The van der Waals surface area contributed by atoms with Gasteiger partial charge in [0.15, 0.2) is 0 Å². The minimum Gasteiger partial charge on any atom is -0.346 e. The van der Waals surface area contributed by atoms with E-state index in [1.807, 2.05) is 20.8 Å². The first-order chi connectivity index (χ1) is 24.9. The van der Waals surface area contributed by atoms with E-state index in [0.29, 0.717) is 32.5 Å². The molecule has 0 aromatic rings. The molecule has 5 amide bonds. The predicted octanol–water partition coefficient (Wildman–Crippen LogP) is 2.56. The van der Waals surface area contributed by atoms with Gasteiger partial charge in [0.1, 0.15) is 12.1 Å². The van der Waals surface area contributed by atoms with E-state index < -0.39 is 63.4 Å². The number of urea groups is 1. The SMILES string of the molecule is C=CCNC(=O)C(=O)C(CC1CCC1)NC(=O)[C@@H]1C2[C@H](CN1C(=O)[C@@H](NC(=O)N[C@H](CN1CCCN(C)S1(=O)=O)C(C)(C)C)C1CCCCC1)C2(C)C. The molecule has 2 heterocycles. The van der Waals surface area contributed by atoms with Crippen LogP contribution in [0.4, 0.5) is 4.79 Å². The van der Waals surface area contributed by atoms with Gasteiger partial charge in [-0.1, -0.05) is 79.2 Å². The van der Waals surface area contributed by atoms with Crippen LogP contribution < -0.4 is 21.3 Å². The summed E-state index contributed by atoms with van der Waals surface area (Å²) in [6.07, 6.45) is 9.80. The van der Waals surface area contributed by atoms with Crippen LogP contribution in [0, 0.1) is 34.5 Å². The van der Waals surface area contributed by atoms with Crippen molar-refractivity contribution in [2.45, 2.75) is 123 Å². The fourth-order valence-corrected chi connectivity index (χ4v) is 10.4. The Morgan fingerprint density at radius 2 is 1.60 bits per heavy atom. The van der Waals surface area contributed by atoms with Crippen molar-refractivity contribution >= 4 is 39.7 Å². The molecule has 3 saturated carbocycles. The minimum atomic E-state index is -3.66. The molecule has 6 atom stereocenters. The molecule has 5 aliphatic rings. The Labute approximate surface area is 316 Å². The van der Waals surface area contributed by atoms with Crippen LogP contribution >= 0.6 is 0 Å². The largest absolute Gasteiger partial charge is 0.346 e. The van der Waals surface area contributed by atoms with Gasteiger partial charge in [0.25, 0.3) is 16.1 Å². The van der Waals surface area contributed by atoms with E-state index in [0.717, 1.165) is 51.4 Å². The Morgan fingerprint density at radius 3 is 2.21 bits per heavy atom. The lowest BCUT2D eigenvalue weighted by molar-refractivity contribution is -0.145. The van der Waals surface area contributed by atoms with Crippen molar-refractivity contribution in [2.24, 2.45) is 34.5 Å². The van der Waals surface area contributed by atoms with Crippen molar-refractivity contribution in [2.75, 3.05) is 39.8 Å². The quantitative estimate of drug-likeness (QED) is 0.155. The number of rotatable bonds is 14. The number of amides is 5. The van der Waals surface area contributed by atoms with Gasteiger partial charge in [-0.05, 0) is 60.2 Å². The van der Waals surface area contributed by atoms with E-state index >= 15 is 0 Å². The molecule has 0 spiro atoms. The standard InChI is InChI=1S/C38H63N7O7S/c1-8-18-39-34(48)32(46)27(21-24-14-12-15-24)40-33(47)31-29-26(38(29,5)6)22-45(31)35(49)30(25-16-10-9-11-17-25)42-36(50)41-28(37(2,3)4)23-44-20-13-19-43(7)53(44,51)52/h8,24-31H,1,9-23H2,2-7H3,(H,39,48)(H,40,47)(H2,41,42,50)/t26-,27?,28+,29?,30-,31-/m0/s1.